The van der Waals surface area contributed by atoms with Gasteiger partial charge in [-0.15, -0.1) is 11.3 Å². The normalized spacial score (nSPS) is 16.3. The van der Waals surface area contributed by atoms with Gasteiger partial charge >= 0.3 is 0 Å². The predicted molar refractivity (Wildman–Crippen MR) is 104 cm³/mol. The van der Waals surface area contributed by atoms with E-state index in [1.54, 1.807) is 43.1 Å². The zero-order valence-corrected chi connectivity index (χ0v) is 17.4. The Labute approximate surface area is 164 Å². The summed E-state index contributed by atoms with van der Waals surface area (Å²) < 4.78 is 43.6. The van der Waals surface area contributed by atoms with Crippen molar-refractivity contribution in [3.8, 4) is 17.2 Å². The summed E-state index contributed by atoms with van der Waals surface area (Å²) in [4.78, 5) is 1.30. The molecule has 0 bridgehead atoms. The lowest BCUT2D eigenvalue weighted by molar-refractivity contribution is -0.917. The number of nitrogens with one attached hydrogen (secondary N) is 1. The van der Waals surface area contributed by atoms with Gasteiger partial charge in [0.15, 0.2) is 11.5 Å². The molecule has 2 aromatic rings. The summed E-state index contributed by atoms with van der Waals surface area (Å²) >= 11 is 1.26. The number of methoxy groups -OCH3 is 3. The summed E-state index contributed by atoms with van der Waals surface area (Å²) in [5, 5.41) is 1.79. The highest BCUT2D eigenvalue weighted by Crippen LogP contribution is 2.39. The minimum atomic E-state index is -3.37. The largest absolute Gasteiger partial charge is 0.493 e. The van der Waals surface area contributed by atoms with Crippen molar-refractivity contribution in [2.24, 2.45) is 0 Å². The topological polar surface area (TPSA) is 69.5 Å². The van der Waals surface area contributed by atoms with Gasteiger partial charge in [0, 0.05) is 0 Å². The van der Waals surface area contributed by atoms with Gasteiger partial charge in [0.2, 0.25) is 5.75 Å². The van der Waals surface area contributed by atoms with Crippen LogP contribution in [-0.2, 0) is 16.6 Å². The van der Waals surface area contributed by atoms with E-state index in [0.29, 0.717) is 34.5 Å². The number of nitrogens with zero attached hydrogens (tertiary/aromatic N) is 1. The SMILES string of the molecule is COc1ccc(C[NH+]2CCN(S(=O)(=O)c3cccs3)CC2)c(OC)c1OC. The molecule has 1 aliphatic rings. The molecule has 27 heavy (non-hydrogen) atoms. The lowest BCUT2D eigenvalue weighted by atomic mass is 10.1. The van der Waals surface area contributed by atoms with Crippen LogP contribution in [0.25, 0.3) is 0 Å². The van der Waals surface area contributed by atoms with E-state index in [0.717, 1.165) is 25.2 Å². The van der Waals surface area contributed by atoms with E-state index in [1.807, 2.05) is 12.1 Å². The van der Waals surface area contributed by atoms with E-state index >= 15 is 0 Å². The molecule has 1 aliphatic heterocycles. The molecular formula is C18H25N2O5S2+. The van der Waals surface area contributed by atoms with E-state index in [9.17, 15) is 8.42 Å². The minimum absolute atomic E-state index is 0.410. The van der Waals surface area contributed by atoms with Gasteiger partial charge in [-0.2, -0.15) is 4.31 Å². The average molecular weight is 414 g/mol. The highest BCUT2D eigenvalue weighted by Gasteiger charge is 2.31. The van der Waals surface area contributed by atoms with Crippen molar-refractivity contribution < 1.29 is 27.5 Å². The van der Waals surface area contributed by atoms with Crippen molar-refractivity contribution in [2.75, 3.05) is 47.5 Å². The number of sulfonamides is 1. The molecule has 0 amide bonds. The number of rotatable bonds is 7. The molecule has 0 saturated carbocycles. The van der Waals surface area contributed by atoms with Crippen LogP contribution in [0.1, 0.15) is 5.56 Å². The second-order valence-corrected chi connectivity index (χ2v) is 9.37. The molecule has 1 N–H and O–H groups in total. The molecule has 9 heteroatoms. The zero-order chi connectivity index (χ0) is 19.4. The van der Waals surface area contributed by atoms with E-state index in [4.69, 9.17) is 14.2 Å². The first kappa shape index (κ1) is 19.9. The summed E-state index contributed by atoms with van der Waals surface area (Å²) in [6.45, 7) is 3.22. The van der Waals surface area contributed by atoms with Crippen LogP contribution in [0, 0.1) is 0 Å². The van der Waals surface area contributed by atoms with Crippen LogP contribution < -0.4 is 19.1 Å². The molecule has 0 atom stereocenters. The Morgan fingerprint density at radius 1 is 1.04 bits per heavy atom. The molecule has 0 aliphatic carbocycles. The predicted octanol–water partition coefficient (Wildman–Crippen LogP) is 0.863. The first-order valence-corrected chi connectivity index (χ1v) is 11.0. The molecular weight excluding hydrogens is 388 g/mol. The number of thiophene rings is 1. The number of quaternary nitrogens is 1. The molecule has 1 aromatic heterocycles. The molecule has 1 saturated heterocycles. The molecule has 2 heterocycles. The van der Waals surface area contributed by atoms with Crippen LogP contribution in [0.15, 0.2) is 33.9 Å². The molecule has 148 valence electrons. The summed E-state index contributed by atoms with van der Waals surface area (Å²) in [7, 11) is 1.42. The van der Waals surface area contributed by atoms with Crippen molar-refractivity contribution in [1.29, 1.82) is 0 Å². The Morgan fingerprint density at radius 3 is 2.30 bits per heavy atom. The van der Waals surface area contributed by atoms with Gasteiger partial charge < -0.3 is 19.1 Å². The van der Waals surface area contributed by atoms with Crippen LogP contribution in [0.2, 0.25) is 0 Å². The summed E-state index contributed by atoms with van der Waals surface area (Å²) in [5.74, 6) is 1.87. The Morgan fingerprint density at radius 2 is 1.74 bits per heavy atom. The molecule has 0 radical (unpaired) electrons. The second kappa shape index (κ2) is 8.47. The van der Waals surface area contributed by atoms with Crippen LogP contribution in [0.4, 0.5) is 0 Å². The third kappa shape index (κ3) is 4.06. The van der Waals surface area contributed by atoms with Gasteiger partial charge in [0.1, 0.15) is 10.8 Å². The Hall–Kier alpha value is -1.81. The molecule has 7 nitrogen and oxygen atoms in total. The number of hydrogen-bond donors (Lipinski definition) is 1. The van der Waals surface area contributed by atoms with E-state index in [1.165, 1.54) is 16.2 Å². The van der Waals surface area contributed by atoms with Crippen molar-refractivity contribution >= 4 is 21.4 Å². The van der Waals surface area contributed by atoms with Crippen molar-refractivity contribution in [2.45, 2.75) is 10.8 Å². The first-order valence-electron chi connectivity index (χ1n) is 8.66. The van der Waals surface area contributed by atoms with Gasteiger partial charge in [-0.05, 0) is 23.6 Å². The van der Waals surface area contributed by atoms with Crippen LogP contribution >= 0.6 is 11.3 Å². The van der Waals surface area contributed by atoms with Gasteiger partial charge in [-0.3, -0.25) is 0 Å². The van der Waals surface area contributed by atoms with Gasteiger partial charge in [0.05, 0.1) is 53.1 Å². The molecule has 0 unspecified atom stereocenters. The quantitative estimate of drug-likeness (QED) is 0.729. The number of ether oxygens (including phenoxy) is 3. The highest BCUT2D eigenvalue weighted by atomic mass is 32.2. The number of piperazine rings is 1. The average Bonchev–Trinajstić information content (AvgIpc) is 3.23. The van der Waals surface area contributed by atoms with Gasteiger partial charge in [0.25, 0.3) is 10.0 Å². The van der Waals surface area contributed by atoms with Crippen molar-refractivity contribution in [3.63, 3.8) is 0 Å². The molecule has 1 aromatic carbocycles. The fourth-order valence-electron chi connectivity index (χ4n) is 3.33. The van der Waals surface area contributed by atoms with Crippen LogP contribution in [0.3, 0.4) is 0 Å². The summed E-state index contributed by atoms with van der Waals surface area (Å²) in [5.41, 5.74) is 1.01. The highest BCUT2D eigenvalue weighted by molar-refractivity contribution is 7.91. The first-order chi connectivity index (χ1) is 13.0. The van der Waals surface area contributed by atoms with E-state index < -0.39 is 10.0 Å². The smallest absolute Gasteiger partial charge is 0.252 e. The maximum absolute atomic E-state index is 12.6. The molecule has 1 fully saturated rings. The summed E-state index contributed by atoms with van der Waals surface area (Å²) in [6, 6.07) is 7.27. The van der Waals surface area contributed by atoms with Gasteiger partial charge in [-0.1, -0.05) is 6.07 Å². The molecule has 3 rings (SSSR count). The van der Waals surface area contributed by atoms with Crippen molar-refractivity contribution in [1.82, 2.24) is 4.31 Å². The Bertz CT molecular complexity index is 860. The minimum Gasteiger partial charge on any atom is -0.493 e. The second-order valence-electron chi connectivity index (χ2n) is 6.26. The third-order valence-corrected chi connectivity index (χ3v) is 8.02. The van der Waals surface area contributed by atoms with Crippen molar-refractivity contribution in [3.05, 3.63) is 35.2 Å². The van der Waals surface area contributed by atoms with Crippen LogP contribution in [-0.4, -0.2) is 60.2 Å². The maximum atomic E-state index is 12.6. The van der Waals surface area contributed by atoms with E-state index in [2.05, 4.69) is 0 Å². The number of benzene rings is 1. The zero-order valence-electron chi connectivity index (χ0n) is 15.7. The number of hydrogen-bond acceptors (Lipinski definition) is 6. The lowest BCUT2D eigenvalue weighted by Crippen LogP contribution is -3.13. The Kier molecular flexibility index (Phi) is 6.25. The summed E-state index contributed by atoms with van der Waals surface area (Å²) in [6.07, 6.45) is 0. The fraction of sp³-hybridized carbons (Fsp3) is 0.444. The third-order valence-electron chi connectivity index (χ3n) is 4.74. The Balaban J connectivity index is 1.69. The van der Waals surface area contributed by atoms with Crippen LogP contribution in [0.5, 0.6) is 17.2 Å². The van der Waals surface area contributed by atoms with E-state index in [-0.39, 0.29) is 0 Å². The standard InChI is InChI=1S/C18H24N2O5S2/c1-23-15-7-6-14(17(24-2)18(15)25-3)13-19-8-10-20(11-9-19)27(21,22)16-5-4-12-26-16/h4-7,12H,8-11,13H2,1-3H3/p+1. The lowest BCUT2D eigenvalue weighted by Gasteiger charge is -2.31. The maximum Gasteiger partial charge on any atom is 0.252 e. The monoisotopic (exact) mass is 413 g/mol. The van der Waals surface area contributed by atoms with Gasteiger partial charge in [-0.25, -0.2) is 8.42 Å². The fourth-order valence-corrected chi connectivity index (χ4v) is 5.91. The molecule has 0 spiro atoms.